The van der Waals surface area contributed by atoms with Crippen LogP contribution in [0.15, 0.2) is 30.7 Å². The molecule has 12 heteroatoms. The Bertz CT molecular complexity index is 1080. The standard InChI is InChI=1S/C19H19ClF3N7O/c20-14-6-15(25-10-24-14)29-7-11-3-4-12(8-29)16(11)26-18-27-17-13(31-9-19(21,22)23)2-1-5-30(17)28-18/h1-2,5-6,10-12,16H,3-4,7-9H2,(H,26,28)/t11-,12+,16?. The first kappa shape index (κ1) is 20.1. The van der Waals surface area contributed by atoms with Crippen molar-refractivity contribution in [3.05, 3.63) is 35.9 Å². The van der Waals surface area contributed by atoms with Crippen molar-refractivity contribution in [2.24, 2.45) is 11.8 Å². The summed E-state index contributed by atoms with van der Waals surface area (Å²) in [6, 6.07) is 4.97. The smallest absolute Gasteiger partial charge is 0.422 e. The van der Waals surface area contributed by atoms with Crippen LogP contribution in [0.1, 0.15) is 12.8 Å². The maximum Gasteiger partial charge on any atom is 0.422 e. The molecule has 1 aliphatic carbocycles. The fraction of sp³-hybridized carbons (Fsp3) is 0.474. The van der Waals surface area contributed by atoms with E-state index in [4.69, 9.17) is 16.3 Å². The van der Waals surface area contributed by atoms with Gasteiger partial charge in [-0.05, 0) is 36.8 Å². The number of ether oxygens (including phenoxy) is 1. The Kier molecular flexibility index (Phi) is 4.99. The molecule has 0 radical (unpaired) electrons. The lowest BCUT2D eigenvalue weighted by atomic mass is 9.92. The minimum atomic E-state index is -4.42. The molecule has 0 amide bonds. The Morgan fingerprint density at radius 3 is 2.68 bits per heavy atom. The molecular formula is C19H19ClF3N7O. The van der Waals surface area contributed by atoms with E-state index in [0.717, 1.165) is 31.7 Å². The number of alkyl halides is 3. The number of nitrogens with zero attached hydrogens (tertiary/aromatic N) is 6. The van der Waals surface area contributed by atoms with Crippen LogP contribution >= 0.6 is 11.6 Å². The van der Waals surface area contributed by atoms with E-state index >= 15 is 0 Å². The summed E-state index contributed by atoms with van der Waals surface area (Å²) in [7, 11) is 0. The van der Waals surface area contributed by atoms with Crippen LogP contribution in [0.3, 0.4) is 0 Å². The van der Waals surface area contributed by atoms with Crippen molar-refractivity contribution in [2.75, 3.05) is 29.9 Å². The normalized spacial score (nSPS) is 23.4. The molecule has 3 aromatic heterocycles. The van der Waals surface area contributed by atoms with Gasteiger partial charge in [-0.3, -0.25) is 0 Å². The van der Waals surface area contributed by atoms with Crippen LogP contribution in [0, 0.1) is 11.8 Å². The van der Waals surface area contributed by atoms with Gasteiger partial charge in [0, 0.05) is 31.4 Å². The molecule has 5 rings (SSSR count). The number of anilines is 2. The summed E-state index contributed by atoms with van der Waals surface area (Å²) in [5, 5.41) is 8.20. The van der Waals surface area contributed by atoms with Crippen LogP contribution < -0.4 is 15.0 Å². The molecule has 3 aromatic rings. The quantitative estimate of drug-likeness (QED) is 0.593. The van der Waals surface area contributed by atoms with Crippen LogP contribution in [0.25, 0.3) is 5.65 Å². The highest BCUT2D eigenvalue weighted by atomic mass is 35.5. The molecule has 1 unspecified atom stereocenters. The third kappa shape index (κ3) is 4.18. The first-order valence-electron chi connectivity index (χ1n) is 9.90. The van der Waals surface area contributed by atoms with E-state index in [0.29, 0.717) is 22.9 Å². The summed E-state index contributed by atoms with van der Waals surface area (Å²) in [5.41, 5.74) is 0.245. The molecule has 3 atom stereocenters. The Balaban J connectivity index is 1.31. The monoisotopic (exact) mass is 453 g/mol. The zero-order valence-electron chi connectivity index (χ0n) is 16.3. The summed E-state index contributed by atoms with van der Waals surface area (Å²) in [4.78, 5) is 14.9. The molecule has 2 fully saturated rings. The molecule has 8 nitrogen and oxygen atoms in total. The van der Waals surface area contributed by atoms with Crippen LogP contribution in [0.4, 0.5) is 24.9 Å². The van der Waals surface area contributed by atoms with E-state index in [9.17, 15) is 13.2 Å². The Morgan fingerprint density at radius 2 is 1.97 bits per heavy atom. The number of piperidine rings is 1. The summed E-state index contributed by atoms with van der Waals surface area (Å²) in [5.74, 6) is 1.95. The second-order valence-electron chi connectivity index (χ2n) is 7.85. The van der Waals surface area contributed by atoms with Gasteiger partial charge in [-0.25, -0.2) is 14.5 Å². The lowest BCUT2D eigenvalue weighted by Crippen LogP contribution is -2.48. The van der Waals surface area contributed by atoms with E-state index in [1.165, 1.54) is 16.9 Å². The Morgan fingerprint density at radius 1 is 1.19 bits per heavy atom. The maximum atomic E-state index is 12.5. The van der Waals surface area contributed by atoms with Crippen molar-refractivity contribution in [1.29, 1.82) is 0 Å². The van der Waals surface area contributed by atoms with Gasteiger partial charge in [-0.1, -0.05) is 11.6 Å². The van der Waals surface area contributed by atoms with E-state index in [1.807, 2.05) is 0 Å². The van der Waals surface area contributed by atoms with Crippen LogP contribution in [0.2, 0.25) is 5.15 Å². The third-order valence-electron chi connectivity index (χ3n) is 5.79. The maximum absolute atomic E-state index is 12.5. The average molecular weight is 454 g/mol. The van der Waals surface area contributed by atoms with Crippen molar-refractivity contribution in [3.8, 4) is 5.75 Å². The minimum Gasteiger partial charge on any atom is -0.480 e. The molecule has 1 N–H and O–H groups in total. The van der Waals surface area contributed by atoms with Gasteiger partial charge >= 0.3 is 6.18 Å². The number of fused-ring (bicyclic) bond motifs is 3. The number of halogens is 4. The number of rotatable bonds is 5. The van der Waals surface area contributed by atoms with Crippen LogP contribution in [0.5, 0.6) is 5.75 Å². The number of pyridine rings is 1. The first-order chi connectivity index (χ1) is 14.9. The molecule has 0 spiro atoms. The van der Waals surface area contributed by atoms with Gasteiger partial charge in [0.2, 0.25) is 5.95 Å². The molecular weight excluding hydrogens is 435 g/mol. The molecule has 164 valence electrons. The van der Waals surface area contributed by atoms with Gasteiger partial charge in [-0.15, -0.1) is 5.10 Å². The summed E-state index contributed by atoms with van der Waals surface area (Å²) in [6.45, 7) is 0.252. The van der Waals surface area contributed by atoms with Crippen molar-refractivity contribution >= 4 is 29.0 Å². The van der Waals surface area contributed by atoms with Crippen LogP contribution in [-0.4, -0.2) is 56.5 Å². The lowest BCUT2D eigenvalue weighted by molar-refractivity contribution is -0.153. The molecule has 1 saturated heterocycles. The zero-order chi connectivity index (χ0) is 21.6. The number of hydrogen-bond acceptors (Lipinski definition) is 7. The Hall–Kier alpha value is -2.82. The van der Waals surface area contributed by atoms with E-state index in [1.54, 1.807) is 18.3 Å². The van der Waals surface area contributed by atoms with Crippen molar-refractivity contribution in [3.63, 3.8) is 0 Å². The fourth-order valence-electron chi connectivity index (χ4n) is 4.51. The fourth-order valence-corrected chi connectivity index (χ4v) is 4.65. The highest BCUT2D eigenvalue weighted by Crippen LogP contribution is 2.39. The average Bonchev–Trinajstić information content (AvgIpc) is 3.22. The Labute approximate surface area is 180 Å². The van der Waals surface area contributed by atoms with Gasteiger partial charge < -0.3 is 15.0 Å². The van der Waals surface area contributed by atoms with Crippen molar-refractivity contribution < 1.29 is 17.9 Å². The second kappa shape index (κ2) is 7.70. The minimum absolute atomic E-state index is 0.0406. The largest absolute Gasteiger partial charge is 0.480 e. The van der Waals surface area contributed by atoms with Crippen molar-refractivity contribution in [2.45, 2.75) is 25.1 Å². The highest BCUT2D eigenvalue weighted by molar-refractivity contribution is 6.29. The zero-order valence-corrected chi connectivity index (χ0v) is 17.0. The van der Waals surface area contributed by atoms with Gasteiger partial charge in [0.1, 0.15) is 17.3 Å². The number of hydrogen-bond donors (Lipinski definition) is 1. The SMILES string of the molecule is FC(F)(F)COc1cccn2nc(NC3[C@@H]4CC[C@H]3CN(c3cc(Cl)ncn3)C4)nc12. The lowest BCUT2D eigenvalue weighted by Gasteiger charge is -2.38. The second-order valence-corrected chi connectivity index (χ2v) is 8.24. The van der Waals surface area contributed by atoms with Gasteiger partial charge in [0.15, 0.2) is 18.0 Å². The highest BCUT2D eigenvalue weighted by Gasteiger charge is 2.43. The molecule has 1 aliphatic heterocycles. The van der Waals surface area contributed by atoms with E-state index in [-0.39, 0.29) is 17.4 Å². The molecule has 2 aliphatic rings. The van der Waals surface area contributed by atoms with E-state index < -0.39 is 12.8 Å². The predicted molar refractivity (Wildman–Crippen MR) is 107 cm³/mol. The first-order valence-corrected chi connectivity index (χ1v) is 10.3. The molecule has 2 bridgehead atoms. The number of aromatic nitrogens is 5. The third-order valence-corrected chi connectivity index (χ3v) is 6.00. The summed E-state index contributed by atoms with van der Waals surface area (Å²) in [6.07, 6.45) is 0.790. The van der Waals surface area contributed by atoms with Crippen LogP contribution in [-0.2, 0) is 0 Å². The molecule has 0 aromatic carbocycles. The molecule has 4 heterocycles. The van der Waals surface area contributed by atoms with Gasteiger partial charge in [0.05, 0.1) is 0 Å². The number of nitrogens with one attached hydrogen (secondary N) is 1. The summed E-state index contributed by atoms with van der Waals surface area (Å²) < 4.78 is 43.9. The molecule has 31 heavy (non-hydrogen) atoms. The van der Waals surface area contributed by atoms with Gasteiger partial charge in [-0.2, -0.15) is 18.2 Å². The summed E-state index contributed by atoms with van der Waals surface area (Å²) >= 11 is 6.01. The topological polar surface area (TPSA) is 80.5 Å². The van der Waals surface area contributed by atoms with E-state index in [2.05, 4.69) is 30.3 Å². The molecule has 1 saturated carbocycles. The van der Waals surface area contributed by atoms with Crippen molar-refractivity contribution in [1.82, 2.24) is 24.6 Å². The van der Waals surface area contributed by atoms with Gasteiger partial charge in [0.25, 0.3) is 0 Å². The predicted octanol–water partition coefficient (Wildman–Crippen LogP) is 3.44.